The Balaban J connectivity index is 2.12. The molecule has 0 unspecified atom stereocenters. The summed E-state index contributed by atoms with van der Waals surface area (Å²) in [5.41, 5.74) is 3.40. The molecule has 0 saturated carbocycles. The molecule has 0 aliphatic heterocycles. The van der Waals surface area contributed by atoms with E-state index in [-0.39, 0.29) is 11.3 Å². The molecule has 1 amide bonds. The zero-order valence-electron chi connectivity index (χ0n) is 20.0. The number of amides is 1. The van der Waals surface area contributed by atoms with Crippen molar-refractivity contribution in [2.45, 2.75) is 66.2 Å². The monoisotopic (exact) mass is 433 g/mol. The average Bonchev–Trinajstić information content (AvgIpc) is 2.80. The third-order valence-corrected chi connectivity index (χ3v) is 6.07. The molecule has 0 aliphatic rings. The highest BCUT2D eigenvalue weighted by molar-refractivity contribution is 6.05. The minimum Gasteiger partial charge on any atom is -0.455 e. The van der Waals surface area contributed by atoms with Crippen LogP contribution in [-0.4, -0.2) is 23.9 Å². The van der Waals surface area contributed by atoms with E-state index >= 15 is 0 Å². The number of unbranched alkanes of at least 4 members (excludes halogenated alkanes) is 2. The normalized spacial score (nSPS) is 11.3. The molecule has 4 nitrogen and oxygen atoms in total. The van der Waals surface area contributed by atoms with Crippen molar-refractivity contribution in [2.24, 2.45) is 0 Å². The second kappa shape index (κ2) is 10.6. The van der Waals surface area contributed by atoms with E-state index < -0.39 is 0 Å². The highest BCUT2D eigenvalue weighted by Crippen LogP contribution is 2.29. The van der Waals surface area contributed by atoms with Gasteiger partial charge in [0.05, 0.1) is 10.9 Å². The van der Waals surface area contributed by atoms with Crippen LogP contribution >= 0.6 is 0 Å². The van der Waals surface area contributed by atoms with E-state index in [1.807, 2.05) is 17.0 Å². The van der Waals surface area contributed by atoms with Crippen LogP contribution in [0.3, 0.4) is 0 Å². The first-order chi connectivity index (χ1) is 15.4. The van der Waals surface area contributed by atoms with Crippen molar-refractivity contribution in [1.29, 1.82) is 0 Å². The summed E-state index contributed by atoms with van der Waals surface area (Å²) in [5, 5.41) is 0.460. The molecule has 2 aromatic carbocycles. The number of para-hydroxylation sites is 1. The Bertz CT molecular complexity index is 1120. The lowest BCUT2D eigenvalue weighted by Gasteiger charge is -2.23. The smallest absolute Gasteiger partial charge is 0.257 e. The van der Waals surface area contributed by atoms with E-state index in [2.05, 4.69) is 39.8 Å². The Morgan fingerprint density at radius 1 is 0.969 bits per heavy atom. The van der Waals surface area contributed by atoms with Crippen LogP contribution in [-0.2, 0) is 0 Å². The molecule has 0 radical (unpaired) electrons. The summed E-state index contributed by atoms with van der Waals surface area (Å²) in [4.78, 5) is 28.6. The fraction of sp³-hybridized carbons (Fsp3) is 0.429. The lowest BCUT2D eigenvalue weighted by molar-refractivity contribution is 0.0752. The molecule has 3 aromatic rings. The number of carbonyl (C=O) groups excluding carboxylic acids is 1. The molecule has 1 aromatic heterocycles. The van der Waals surface area contributed by atoms with E-state index in [4.69, 9.17) is 4.42 Å². The molecule has 0 aliphatic carbocycles. The van der Waals surface area contributed by atoms with Crippen molar-refractivity contribution in [3.05, 3.63) is 69.4 Å². The van der Waals surface area contributed by atoms with E-state index in [0.29, 0.717) is 46.9 Å². The van der Waals surface area contributed by atoms with Gasteiger partial charge in [0.25, 0.3) is 5.91 Å². The van der Waals surface area contributed by atoms with Crippen molar-refractivity contribution in [2.75, 3.05) is 13.1 Å². The number of fused-ring (bicyclic) bond motifs is 1. The van der Waals surface area contributed by atoms with E-state index in [9.17, 15) is 9.59 Å². The van der Waals surface area contributed by atoms with Crippen molar-refractivity contribution >= 4 is 16.9 Å². The summed E-state index contributed by atoms with van der Waals surface area (Å²) in [6.07, 6.45) is 3.96. The van der Waals surface area contributed by atoms with Crippen LogP contribution in [0, 0.1) is 6.92 Å². The number of benzene rings is 2. The molecular formula is C28H35NO3. The summed E-state index contributed by atoms with van der Waals surface area (Å²) in [6.45, 7) is 11.8. The second-order valence-corrected chi connectivity index (χ2v) is 8.84. The fourth-order valence-corrected chi connectivity index (χ4v) is 3.96. The third kappa shape index (κ3) is 4.95. The highest BCUT2D eigenvalue weighted by atomic mass is 16.3. The quantitative estimate of drug-likeness (QED) is 0.367. The van der Waals surface area contributed by atoms with Gasteiger partial charge in [0, 0.05) is 24.2 Å². The van der Waals surface area contributed by atoms with Crippen molar-refractivity contribution in [1.82, 2.24) is 4.90 Å². The Kier molecular flexibility index (Phi) is 7.89. The van der Waals surface area contributed by atoms with Gasteiger partial charge in [-0.15, -0.1) is 0 Å². The standard InChI is InChI=1S/C28H35NO3/c1-6-8-17-29(18-9-7-2)28(31)24-12-10-11-23-25(30)20(5)26(32-27(23)24)22-15-13-21(14-16-22)19(3)4/h10-16,19H,6-9,17-18H2,1-5H3. The van der Waals surface area contributed by atoms with E-state index in [1.54, 1.807) is 25.1 Å². The maximum Gasteiger partial charge on any atom is 0.257 e. The number of hydrogen-bond donors (Lipinski definition) is 0. The van der Waals surface area contributed by atoms with Gasteiger partial charge in [-0.25, -0.2) is 0 Å². The molecule has 3 rings (SSSR count). The Morgan fingerprint density at radius 3 is 2.16 bits per heavy atom. The molecule has 0 N–H and O–H groups in total. The second-order valence-electron chi connectivity index (χ2n) is 8.84. The van der Waals surface area contributed by atoms with Crippen LogP contribution in [0.1, 0.15) is 80.8 Å². The predicted octanol–water partition coefficient (Wildman–Crippen LogP) is 6.93. The van der Waals surface area contributed by atoms with Gasteiger partial charge < -0.3 is 9.32 Å². The van der Waals surface area contributed by atoms with Crippen molar-refractivity contribution in [3.8, 4) is 11.3 Å². The zero-order chi connectivity index (χ0) is 23.3. The Morgan fingerprint density at radius 2 is 1.59 bits per heavy atom. The van der Waals surface area contributed by atoms with E-state index in [0.717, 1.165) is 31.2 Å². The summed E-state index contributed by atoms with van der Waals surface area (Å²) in [6, 6.07) is 13.4. The van der Waals surface area contributed by atoms with Crippen LogP contribution < -0.4 is 5.43 Å². The number of carbonyl (C=O) groups is 1. The van der Waals surface area contributed by atoms with Crippen LogP contribution in [0.25, 0.3) is 22.3 Å². The van der Waals surface area contributed by atoms with Crippen LogP contribution in [0.15, 0.2) is 51.7 Å². The SMILES string of the molecule is CCCCN(CCCC)C(=O)c1cccc2c(=O)c(C)c(-c3ccc(C(C)C)cc3)oc12. The maximum atomic E-state index is 13.5. The molecule has 170 valence electrons. The molecule has 0 saturated heterocycles. The summed E-state index contributed by atoms with van der Waals surface area (Å²) >= 11 is 0. The van der Waals surface area contributed by atoms with Gasteiger partial charge in [0.15, 0.2) is 11.0 Å². The predicted molar refractivity (Wildman–Crippen MR) is 132 cm³/mol. The number of hydrogen-bond acceptors (Lipinski definition) is 3. The molecular weight excluding hydrogens is 398 g/mol. The first-order valence-corrected chi connectivity index (χ1v) is 11.8. The fourth-order valence-electron chi connectivity index (χ4n) is 3.96. The number of rotatable bonds is 9. The maximum absolute atomic E-state index is 13.5. The molecule has 0 atom stereocenters. The summed E-state index contributed by atoms with van der Waals surface area (Å²) in [7, 11) is 0. The molecule has 1 heterocycles. The molecule has 0 spiro atoms. The Labute approximate surface area is 191 Å². The topological polar surface area (TPSA) is 50.5 Å². The van der Waals surface area contributed by atoms with Crippen LogP contribution in [0.2, 0.25) is 0 Å². The molecule has 32 heavy (non-hydrogen) atoms. The van der Waals surface area contributed by atoms with Gasteiger partial charge in [0.2, 0.25) is 0 Å². The Hall–Kier alpha value is -2.88. The van der Waals surface area contributed by atoms with Crippen LogP contribution in [0.5, 0.6) is 0 Å². The van der Waals surface area contributed by atoms with E-state index in [1.165, 1.54) is 5.56 Å². The third-order valence-electron chi connectivity index (χ3n) is 6.07. The van der Waals surface area contributed by atoms with Gasteiger partial charge in [-0.3, -0.25) is 9.59 Å². The summed E-state index contributed by atoms with van der Waals surface area (Å²) < 4.78 is 6.32. The lowest BCUT2D eigenvalue weighted by Crippen LogP contribution is -2.33. The van der Waals surface area contributed by atoms with Crippen molar-refractivity contribution < 1.29 is 9.21 Å². The summed E-state index contributed by atoms with van der Waals surface area (Å²) in [5.74, 6) is 0.896. The van der Waals surface area contributed by atoms with Crippen LogP contribution in [0.4, 0.5) is 0 Å². The molecule has 0 bridgehead atoms. The van der Waals surface area contributed by atoms with Gasteiger partial charge >= 0.3 is 0 Å². The number of nitrogens with zero attached hydrogens (tertiary/aromatic N) is 1. The molecule has 4 heteroatoms. The van der Waals surface area contributed by atoms with Gasteiger partial charge in [-0.05, 0) is 43.4 Å². The van der Waals surface area contributed by atoms with Gasteiger partial charge in [-0.1, -0.05) is 70.9 Å². The van der Waals surface area contributed by atoms with Crippen molar-refractivity contribution in [3.63, 3.8) is 0 Å². The van der Waals surface area contributed by atoms with Gasteiger partial charge in [-0.2, -0.15) is 0 Å². The molecule has 0 fully saturated rings. The largest absolute Gasteiger partial charge is 0.455 e. The lowest BCUT2D eigenvalue weighted by atomic mass is 9.99. The minimum atomic E-state index is -0.0856. The highest BCUT2D eigenvalue weighted by Gasteiger charge is 2.22. The first-order valence-electron chi connectivity index (χ1n) is 11.8. The zero-order valence-corrected chi connectivity index (χ0v) is 20.0. The average molecular weight is 434 g/mol. The van der Waals surface area contributed by atoms with Gasteiger partial charge in [0.1, 0.15) is 5.76 Å². The first kappa shape index (κ1) is 23.8. The minimum absolute atomic E-state index is 0.0643.